The highest BCUT2D eigenvalue weighted by atomic mass is 19.4. The molecule has 0 saturated carbocycles. The van der Waals surface area contributed by atoms with E-state index in [0.29, 0.717) is 35.6 Å². The van der Waals surface area contributed by atoms with Crippen LogP contribution in [0.1, 0.15) is 24.0 Å². The second kappa shape index (κ2) is 8.07. The van der Waals surface area contributed by atoms with Crippen molar-refractivity contribution < 1.29 is 13.2 Å². The highest BCUT2D eigenvalue weighted by molar-refractivity contribution is 5.85. The molecule has 0 fully saturated rings. The average molecular weight is 422 g/mol. The van der Waals surface area contributed by atoms with Crippen molar-refractivity contribution in [3.63, 3.8) is 0 Å². The Morgan fingerprint density at radius 1 is 1.10 bits per heavy atom. The summed E-state index contributed by atoms with van der Waals surface area (Å²) in [5.41, 5.74) is 1.82. The number of rotatable bonds is 5. The molecule has 4 rings (SSSR count). The Morgan fingerprint density at radius 3 is 2.55 bits per heavy atom. The number of nitriles is 1. The first-order chi connectivity index (χ1) is 14.9. The molecule has 3 aromatic heterocycles. The maximum absolute atomic E-state index is 13.1. The van der Waals surface area contributed by atoms with Crippen LogP contribution < -0.4 is 5.32 Å². The van der Waals surface area contributed by atoms with E-state index in [1.54, 1.807) is 24.5 Å². The Bertz CT molecular complexity index is 1270. The number of hydrogen-bond acceptors (Lipinski definition) is 5. The fraction of sp³-hybridized carbons (Fsp3) is 0.182. The number of hydrogen-bond donors (Lipinski definition) is 1. The number of aromatic nitrogens is 4. The van der Waals surface area contributed by atoms with Crippen LogP contribution in [0.2, 0.25) is 0 Å². The molecule has 0 spiro atoms. The van der Waals surface area contributed by atoms with Gasteiger partial charge in [0.1, 0.15) is 17.4 Å². The summed E-state index contributed by atoms with van der Waals surface area (Å²) < 4.78 is 41.3. The molecule has 0 aliphatic carbocycles. The second-order valence-electron chi connectivity index (χ2n) is 6.78. The lowest BCUT2D eigenvalue weighted by atomic mass is 10.1. The van der Waals surface area contributed by atoms with Crippen molar-refractivity contribution in [1.82, 2.24) is 19.5 Å². The Hall–Kier alpha value is -3.93. The first kappa shape index (κ1) is 20.3. The lowest BCUT2D eigenvalue weighted by molar-refractivity contribution is -0.137. The number of alkyl halides is 3. The number of nitrogens with zero attached hydrogens (tertiary/aromatic N) is 5. The van der Waals surface area contributed by atoms with Gasteiger partial charge in [-0.15, -0.1) is 0 Å². The van der Waals surface area contributed by atoms with Crippen molar-refractivity contribution in [3.05, 3.63) is 71.9 Å². The molecule has 0 saturated heterocycles. The largest absolute Gasteiger partial charge is 0.416 e. The van der Waals surface area contributed by atoms with E-state index in [0.717, 1.165) is 17.8 Å². The van der Waals surface area contributed by atoms with E-state index in [4.69, 9.17) is 0 Å². The number of nitrogens with one attached hydrogen (secondary N) is 1. The van der Waals surface area contributed by atoms with Crippen molar-refractivity contribution in [1.29, 1.82) is 5.26 Å². The van der Waals surface area contributed by atoms with Gasteiger partial charge in [0.2, 0.25) is 0 Å². The van der Waals surface area contributed by atoms with Crippen molar-refractivity contribution >= 4 is 16.7 Å². The van der Waals surface area contributed by atoms with Gasteiger partial charge in [-0.05, 0) is 37.3 Å². The topological polar surface area (TPSA) is 79.4 Å². The molecule has 1 aromatic carbocycles. The van der Waals surface area contributed by atoms with Gasteiger partial charge >= 0.3 is 6.18 Å². The highest BCUT2D eigenvalue weighted by Crippen LogP contribution is 2.33. The molecule has 6 nitrogen and oxygen atoms in total. The molecule has 0 atom stereocenters. The first-order valence-corrected chi connectivity index (χ1v) is 9.52. The predicted octanol–water partition coefficient (Wildman–Crippen LogP) is 5.02. The SMILES string of the molecule is CCn1c(CNc2ccncc2)nc2c(C#N)nc(-c3cccc(C(F)(F)F)c3)cc21. The highest BCUT2D eigenvalue weighted by Gasteiger charge is 2.30. The molecule has 0 aliphatic rings. The molecule has 0 aliphatic heterocycles. The Balaban J connectivity index is 1.79. The Labute approximate surface area is 176 Å². The van der Waals surface area contributed by atoms with Crippen LogP contribution in [0.25, 0.3) is 22.3 Å². The maximum Gasteiger partial charge on any atom is 0.416 e. The minimum absolute atomic E-state index is 0.0715. The van der Waals surface area contributed by atoms with E-state index in [-0.39, 0.29) is 11.3 Å². The molecule has 0 amide bonds. The fourth-order valence-electron chi connectivity index (χ4n) is 3.39. The number of anilines is 1. The summed E-state index contributed by atoms with van der Waals surface area (Å²) in [6.45, 7) is 2.91. The van der Waals surface area contributed by atoms with Crippen LogP contribution in [-0.4, -0.2) is 19.5 Å². The fourth-order valence-corrected chi connectivity index (χ4v) is 3.39. The van der Waals surface area contributed by atoms with Crippen LogP contribution >= 0.6 is 0 Å². The monoisotopic (exact) mass is 422 g/mol. The van der Waals surface area contributed by atoms with E-state index in [1.807, 2.05) is 29.7 Å². The third kappa shape index (κ3) is 4.05. The van der Waals surface area contributed by atoms with Crippen molar-refractivity contribution in [2.24, 2.45) is 0 Å². The van der Waals surface area contributed by atoms with Crippen molar-refractivity contribution in [2.75, 3.05) is 5.32 Å². The van der Waals surface area contributed by atoms with E-state index in [2.05, 4.69) is 20.3 Å². The van der Waals surface area contributed by atoms with Gasteiger partial charge in [-0.3, -0.25) is 4.98 Å². The average Bonchev–Trinajstić information content (AvgIpc) is 3.14. The van der Waals surface area contributed by atoms with Gasteiger partial charge in [-0.1, -0.05) is 12.1 Å². The summed E-state index contributed by atoms with van der Waals surface area (Å²) in [6, 6.07) is 12.3. The zero-order valence-electron chi connectivity index (χ0n) is 16.5. The predicted molar refractivity (Wildman–Crippen MR) is 110 cm³/mol. The molecule has 0 bridgehead atoms. The number of halogens is 3. The summed E-state index contributed by atoms with van der Waals surface area (Å²) >= 11 is 0. The standard InChI is InChI=1S/C22H17F3N6/c1-2-31-19-11-17(14-4-3-5-15(10-14)22(23,24)25)29-18(12-26)21(19)30-20(31)13-28-16-6-8-27-9-7-16/h3-11H,2,13H2,1H3,(H,27,28). The molecule has 156 valence electrons. The number of pyridine rings is 2. The van der Waals surface area contributed by atoms with Crippen LogP contribution in [0.4, 0.5) is 18.9 Å². The number of fused-ring (bicyclic) bond motifs is 1. The van der Waals surface area contributed by atoms with Crippen molar-refractivity contribution in [2.45, 2.75) is 26.2 Å². The van der Waals surface area contributed by atoms with Gasteiger partial charge in [-0.25, -0.2) is 9.97 Å². The van der Waals surface area contributed by atoms with Gasteiger partial charge < -0.3 is 9.88 Å². The first-order valence-electron chi connectivity index (χ1n) is 9.52. The molecule has 9 heteroatoms. The Kier molecular flexibility index (Phi) is 5.29. The minimum atomic E-state index is -4.46. The van der Waals surface area contributed by atoms with Gasteiger partial charge in [-0.2, -0.15) is 18.4 Å². The third-order valence-corrected chi connectivity index (χ3v) is 4.85. The number of imidazole rings is 1. The summed E-state index contributed by atoms with van der Waals surface area (Å²) in [4.78, 5) is 12.8. The zero-order valence-corrected chi connectivity index (χ0v) is 16.5. The van der Waals surface area contributed by atoms with Crippen LogP contribution in [0.3, 0.4) is 0 Å². The van der Waals surface area contributed by atoms with E-state index < -0.39 is 11.7 Å². The van der Waals surface area contributed by atoms with Gasteiger partial charge in [0.05, 0.1) is 23.3 Å². The smallest absolute Gasteiger partial charge is 0.378 e. The molecule has 31 heavy (non-hydrogen) atoms. The maximum atomic E-state index is 13.1. The summed E-state index contributed by atoms with van der Waals surface area (Å²) in [5.74, 6) is 0.689. The molecule has 1 N–H and O–H groups in total. The van der Waals surface area contributed by atoms with Crippen LogP contribution in [0.5, 0.6) is 0 Å². The van der Waals surface area contributed by atoms with Gasteiger partial charge in [0, 0.05) is 30.2 Å². The molecule has 0 radical (unpaired) electrons. The quantitative estimate of drug-likeness (QED) is 0.489. The number of aryl methyl sites for hydroxylation is 1. The van der Waals surface area contributed by atoms with E-state index in [1.165, 1.54) is 6.07 Å². The molecular formula is C22H17F3N6. The van der Waals surface area contributed by atoms with Crippen LogP contribution in [0.15, 0.2) is 54.9 Å². The van der Waals surface area contributed by atoms with E-state index in [9.17, 15) is 18.4 Å². The summed E-state index contributed by atoms with van der Waals surface area (Å²) in [7, 11) is 0. The summed E-state index contributed by atoms with van der Waals surface area (Å²) in [5, 5.41) is 12.9. The van der Waals surface area contributed by atoms with Crippen LogP contribution in [0, 0.1) is 11.3 Å². The molecule has 0 unspecified atom stereocenters. The summed E-state index contributed by atoms with van der Waals surface area (Å²) in [6.07, 6.45) is -1.12. The van der Waals surface area contributed by atoms with E-state index >= 15 is 0 Å². The lowest BCUT2D eigenvalue weighted by Crippen LogP contribution is -2.08. The normalized spacial score (nSPS) is 11.5. The second-order valence-corrected chi connectivity index (χ2v) is 6.78. The van der Waals surface area contributed by atoms with Gasteiger partial charge in [0.15, 0.2) is 5.69 Å². The lowest BCUT2D eigenvalue weighted by Gasteiger charge is -2.10. The van der Waals surface area contributed by atoms with Crippen molar-refractivity contribution in [3.8, 4) is 17.3 Å². The minimum Gasteiger partial charge on any atom is -0.378 e. The van der Waals surface area contributed by atoms with Crippen LogP contribution in [-0.2, 0) is 19.3 Å². The molecule has 3 heterocycles. The van der Waals surface area contributed by atoms with Gasteiger partial charge in [0.25, 0.3) is 0 Å². The molecular weight excluding hydrogens is 405 g/mol. The third-order valence-electron chi connectivity index (χ3n) is 4.85. The zero-order chi connectivity index (χ0) is 22.0. The molecule has 4 aromatic rings. The Morgan fingerprint density at radius 2 is 1.87 bits per heavy atom. The number of benzene rings is 1.